The second kappa shape index (κ2) is 9.84. The Hall–Kier alpha value is -2.55. The van der Waals surface area contributed by atoms with E-state index in [0.717, 1.165) is 45.7 Å². The monoisotopic (exact) mass is 497 g/mol. The molecule has 35 heavy (non-hydrogen) atoms. The Morgan fingerprint density at radius 3 is 2.63 bits per heavy atom. The summed E-state index contributed by atoms with van der Waals surface area (Å²) in [6, 6.07) is 12.6. The summed E-state index contributed by atoms with van der Waals surface area (Å²) in [4.78, 5) is 14.4. The number of nitrogens with two attached hydrogens (primary N) is 1. The molecule has 4 rings (SSSR count). The summed E-state index contributed by atoms with van der Waals surface area (Å²) < 4.78 is 7.17. The number of amidine groups is 1. The van der Waals surface area contributed by atoms with Gasteiger partial charge in [0.2, 0.25) is 5.91 Å². The SMILES string of the molecule is CC1=C(COc2cccc3c(C[N+](C)(C)CCSC(=N)N)cccc23)[C@H](C)[C@@H]2[C@@H]([C@@H](C)O)C(=O)N12. The maximum atomic E-state index is 12.6. The average Bonchev–Trinajstić information content (AvgIpc) is 2.97. The lowest BCUT2D eigenvalue weighted by molar-refractivity contribution is -0.901. The number of carbonyl (C=O) groups is 1. The number of allylic oxidation sites excluding steroid dienone is 1. The van der Waals surface area contributed by atoms with Gasteiger partial charge in [-0.05, 0) is 30.9 Å². The van der Waals surface area contributed by atoms with E-state index in [-0.39, 0.29) is 29.0 Å². The number of ether oxygens (including phenoxy) is 1. The highest BCUT2D eigenvalue weighted by Gasteiger charge is 2.57. The van der Waals surface area contributed by atoms with Crippen molar-refractivity contribution >= 4 is 33.6 Å². The van der Waals surface area contributed by atoms with Crippen molar-refractivity contribution in [3.8, 4) is 5.75 Å². The van der Waals surface area contributed by atoms with E-state index in [1.54, 1.807) is 6.92 Å². The number of fused-ring (bicyclic) bond motifs is 2. The topological polar surface area (TPSA) is 99.6 Å². The number of β-lactam (4-membered cyclic amide) rings is 1. The standard InChI is InChI=1S/C27H37N4O3S/c1-16-22(17(2)30-25(16)24(18(3)32)26(30)33)15-34-23-11-7-9-20-19(8-6-10-21(20)23)14-31(4,5)12-13-35-27(28)29/h6-11,16,18,24-25,32H,12-15H2,1-5H3,(H3,28,29)/q+1/t16-,18+,24+,25+/m0/s1. The van der Waals surface area contributed by atoms with Crippen LogP contribution in [0.25, 0.3) is 10.8 Å². The molecule has 1 amide bonds. The Morgan fingerprint density at radius 1 is 1.26 bits per heavy atom. The van der Waals surface area contributed by atoms with Gasteiger partial charge >= 0.3 is 0 Å². The largest absolute Gasteiger partial charge is 0.489 e. The number of amides is 1. The Balaban J connectivity index is 1.51. The number of nitrogens with zero attached hydrogens (tertiary/aromatic N) is 2. The van der Waals surface area contributed by atoms with Gasteiger partial charge in [0.15, 0.2) is 5.17 Å². The first-order valence-corrected chi connectivity index (χ1v) is 13.1. The molecule has 0 bridgehead atoms. The smallest absolute Gasteiger partial charge is 0.234 e. The minimum Gasteiger partial charge on any atom is -0.489 e. The Labute approximate surface area is 212 Å². The van der Waals surface area contributed by atoms with Crippen LogP contribution in [0.4, 0.5) is 0 Å². The van der Waals surface area contributed by atoms with Crippen LogP contribution in [0.1, 0.15) is 26.3 Å². The summed E-state index contributed by atoms with van der Waals surface area (Å²) in [5, 5.41) is 19.9. The van der Waals surface area contributed by atoms with Crippen LogP contribution in [-0.4, -0.2) is 70.7 Å². The lowest BCUT2D eigenvalue weighted by atomic mass is 9.78. The quantitative estimate of drug-likeness (QED) is 0.213. The van der Waals surface area contributed by atoms with Crippen LogP contribution in [0, 0.1) is 17.2 Å². The van der Waals surface area contributed by atoms with Gasteiger partial charge in [0.1, 0.15) is 18.9 Å². The second-order valence-electron chi connectivity index (χ2n) is 10.5. The third-order valence-corrected chi connectivity index (χ3v) is 8.20. The van der Waals surface area contributed by atoms with Gasteiger partial charge in [-0.3, -0.25) is 10.2 Å². The molecule has 2 aliphatic rings. The highest BCUT2D eigenvalue weighted by atomic mass is 32.2. The first-order valence-electron chi connectivity index (χ1n) is 12.1. The van der Waals surface area contributed by atoms with Crippen molar-refractivity contribution in [1.29, 1.82) is 5.41 Å². The lowest BCUT2D eigenvalue weighted by Gasteiger charge is -2.46. The van der Waals surface area contributed by atoms with E-state index in [9.17, 15) is 9.90 Å². The third kappa shape index (κ3) is 4.92. The molecule has 4 N–H and O–H groups in total. The molecule has 0 spiro atoms. The molecule has 7 nitrogen and oxygen atoms in total. The number of nitrogens with one attached hydrogen (secondary N) is 1. The van der Waals surface area contributed by atoms with Gasteiger partial charge in [-0.15, -0.1) is 0 Å². The van der Waals surface area contributed by atoms with Crippen LogP contribution in [0.3, 0.4) is 0 Å². The molecule has 0 aromatic heterocycles. The Morgan fingerprint density at radius 2 is 1.94 bits per heavy atom. The van der Waals surface area contributed by atoms with Crippen LogP contribution >= 0.6 is 11.8 Å². The molecule has 1 fully saturated rings. The first kappa shape index (κ1) is 25.5. The van der Waals surface area contributed by atoms with Gasteiger partial charge in [-0.25, -0.2) is 0 Å². The first-order chi connectivity index (χ1) is 16.5. The number of rotatable bonds is 9. The zero-order valence-electron chi connectivity index (χ0n) is 21.2. The molecule has 0 radical (unpaired) electrons. The molecule has 8 heteroatoms. The van der Waals surface area contributed by atoms with Crippen LogP contribution in [0.5, 0.6) is 5.75 Å². The highest BCUT2D eigenvalue weighted by Crippen LogP contribution is 2.47. The van der Waals surface area contributed by atoms with E-state index in [4.69, 9.17) is 15.9 Å². The van der Waals surface area contributed by atoms with Crippen LogP contribution in [-0.2, 0) is 11.3 Å². The molecule has 2 aromatic rings. The summed E-state index contributed by atoms with van der Waals surface area (Å²) in [5.74, 6) is 1.49. The number of hydrogen-bond acceptors (Lipinski definition) is 5. The number of aliphatic hydroxyl groups is 1. The van der Waals surface area contributed by atoms with E-state index >= 15 is 0 Å². The molecule has 0 saturated carbocycles. The number of benzene rings is 2. The minimum absolute atomic E-state index is 0.0154. The van der Waals surface area contributed by atoms with Crippen molar-refractivity contribution in [3.05, 3.63) is 53.2 Å². The van der Waals surface area contributed by atoms with Gasteiger partial charge < -0.3 is 25.0 Å². The molecular formula is C27H37N4O3S+. The summed E-state index contributed by atoms with van der Waals surface area (Å²) in [7, 11) is 4.39. The van der Waals surface area contributed by atoms with Crippen molar-refractivity contribution in [1.82, 2.24) is 4.90 Å². The normalized spacial score (nSPS) is 22.9. The molecule has 2 aromatic carbocycles. The zero-order chi connectivity index (χ0) is 25.5. The molecule has 1 saturated heterocycles. The Kier molecular flexibility index (Phi) is 7.18. The van der Waals surface area contributed by atoms with E-state index in [2.05, 4.69) is 45.3 Å². The van der Waals surface area contributed by atoms with Crippen LogP contribution in [0.2, 0.25) is 0 Å². The van der Waals surface area contributed by atoms with Gasteiger partial charge in [0, 0.05) is 22.6 Å². The Bertz CT molecular complexity index is 1180. The number of thioether (sulfide) groups is 1. The molecule has 0 aliphatic carbocycles. The summed E-state index contributed by atoms with van der Waals surface area (Å²) in [6.07, 6.45) is -0.639. The van der Waals surface area contributed by atoms with Crippen LogP contribution in [0.15, 0.2) is 47.7 Å². The maximum Gasteiger partial charge on any atom is 0.234 e. The zero-order valence-corrected chi connectivity index (χ0v) is 22.1. The number of hydrogen-bond donors (Lipinski definition) is 3. The fourth-order valence-electron chi connectivity index (χ4n) is 5.58. The van der Waals surface area contributed by atoms with E-state index in [1.807, 2.05) is 24.0 Å². The van der Waals surface area contributed by atoms with Gasteiger partial charge in [-0.1, -0.05) is 49.0 Å². The second-order valence-corrected chi connectivity index (χ2v) is 11.6. The van der Waals surface area contributed by atoms with Crippen molar-refractivity contribution in [2.75, 3.05) is 33.0 Å². The van der Waals surface area contributed by atoms with E-state index < -0.39 is 6.10 Å². The third-order valence-electron chi connectivity index (χ3n) is 7.50. The molecule has 0 unspecified atom stereocenters. The van der Waals surface area contributed by atoms with Gasteiger partial charge in [0.05, 0.1) is 44.5 Å². The summed E-state index contributed by atoms with van der Waals surface area (Å²) in [5.41, 5.74) is 8.84. The average molecular weight is 498 g/mol. The predicted octanol–water partition coefficient (Wildman–Crippen LogP) is 3.55. The molecular weight excluding hydrogens is 460 g/mol. The van der Waals surface area contributed by atoms with E-state index in [0.29, 0.717) is 6.61 Å². The number of quaternary nitrogens is 1. The maximum absolute atomic E-state index is 12.6. The summed E-state index contributed by atoms with van der Waals surface area (Å²) >= 11 is 1.38. The summed E-state index contributed by atoms with van der Waals surface area (Å²) in [6.45, 7) is 8.00. The van der Waals surface area contributed by atoms with Gasteiger partial charge in [0.25, 0.3) is 0 Å². The molecule has 4 atom stereocenters. The molecule has 2 aliphatic heterocycles. The van der Waals surface area contributed by atoms with Crippen molar-refractivity contribution in [2.24, 2.45) is 17.6 Å². The van der Waals surface area contributed by atoms with Gasteiger partial charge in [-0.2, -0.15) is 0 Å². The predicted molar refractivity (Wildman–Crippen MR) is 142 cm³/mol. The van der Waals surface area contributed by atoms with Crippen molar-refractivity contribution in [2.45, 2.75) is 39.5 Å². The number of carbonyl (C=O) groups excluding carboxylic acids is 1. The fraction of sp³-hybridized carbons (Fsp3) is 0.481. The minimum atomic E-state index is -0.639. The number of aliphatic hydroxyl groups excluding tert-OH is 1. The molecule has 188 valence electrons. The van der Waals surface area contributed by atoms with Crippen molar-refractivity contribution < 1.29 is 19.1 Å². The molecule has 2 heterocycles. The fourth-order valence-corrected chi connectivity index (χ4v) is 6.39. The van der Waals surface area contributed by atoms with Crippen LogP contribution < -0.4 is 10.5 Å². The lowest BCUT2D eigenvalue weighted by Crippen LogP contribution is -2.62. The highest BCUT2D eigenvalue weighted by molar-refractivity contribution is 8.13. The van der Waals surface area contributed by atoms with Crippen molar-refractivity contribution in [3.63, 3.8) is 0 Å². The van der Waals surface area contributed by atoms with E-state index in [1.165, 1.54) is 22.7 Å².